The topological polar surface area (TPSA) is 52.6 Å². The molecule has 0 spiro atoms. The van der Waals surface area contributed by atoms with Gasteiger partial charge < -0.3 is 10.4 Å². The van der Waals surface area contributed by atoms with Gasteiger partial charge in [0, 0.05) is 25.2 Å². The molecule has 0 bridgehead atoms. The van der Waals surface area contributed by atoms with E-state index < -0.39 is 12.0 Å². The molecule has 1 saturated heterocycles. The first kappa shape index (κ1) is 17.0. The number of nitrogens with one attached hydrogen (secondary N) is 1. The molecule has 0 radical (unpaired) electrons. The Hall–Kier alpha value is -1.39. The monoisotopic (exact) mass is 304 g/mol. The van der Waals surface area contributed by atoms with E-state index in [1.807, 2.05) is 13.0 Å². The Kier molecular flexibility index (Phi) is 6.40. The molecule has 0 amide bonds. The summed E-state index contributed by atoms with van der Waals surface area (Å²) in [6, 6.07) is 10.9. The van der Waals surface area contributed by atoms with Gasteiger partial charge in [-0.05, 0) is 31.7 Å². The predicted octanol–water partition coefficient (Wildman–Crippen LogP) is 2.88. The fourth-order valence-electron chi connectivity index (χ4n) is 3.28. The molecule has 1 fully saturated rings. The Bertz CT molecular complexity index is 463. The van der Waals surface area contributed by atoms with Crippen molar-refractivity contribution in [3.8, 4) is 0 Å². The summed E-state index contributed by atoms with van der Waals surface area (Å²) in [5.41, 5.74) is 1.34. The van der Waals surface area contributed by atoms with Crippen molar-refractivity contribution in [3.05, 3.63) is 35.9 Å². The minimum absolute atomic E-state index is 0.315. The Morgan fingerprint density at radius 2 is 2.14 bits per heavy atom. The van der Waals surface area contributed by atoms with Crippen LogP contribution < -0.4 is 5.32 Å². The van der Waals surface area contributed by atoms with Gasteiger partial charge in [0.2, 0.25) is 0 Å². The van der Waals surface area contributed by atoms with E-state index in [0.29, 0.717) is 18.5 Å². The van der Waals surface area contributed by atoms with Crippen LogP contribution in [0.4, 0.5) is 0 Å². The molecular weight excluding hydrogens is 276 g/mol. The Morgan fingerprint density at radius 1 is 1.41 bits per heavy atom. The molecule has 0 aliphatic carbocycles. The second-order valence-corrected chi connectivity index (χ2v) is 6.37. The summed E-state index contributed by atoms with van der Waals surface area (Å²) in [7, 11) is 0. The molecule has 0 aromatic heterocycles. The van der Waals surface area contributed by atoms with Crippen LogP contribution in [-0.2, 0) is 11.3 Å². The van der Waals surface area contributed by atoms with Crippen LogP contribution in [0.25, 0.3) is 0 Å². The molecule has 4 heteroatoms. The third-order valence-corrected chi connectivity index (χ3v) is 4.55. The quantitative estimate of drug-likeness (QED) is 0.813. The molecule has 1 heterocycles. The Labute approximate surface area is 133 Å². The van der Waals surface area contributed by atoms with Crippen molar-refractivity contribution >= 4 is 5.97 Å². The summed E-state index contributed by atoms with van der Waals surface area (Å²) in [5.74, 6) is -0.721. The van der Waals surface area contributed by atoms with Crippen molar-refractivity contribution in [2.24, 2.45) is 0 Å². The third kappa shape index (κ3) is 4.82. The van der Waals surface area contributed by atoms with E-state index in [0.717, 1.165) is 32.4 Å². The van der Waals surface area contributed by atoms with Crippen LogP contribution in [0, 0.1) is 0 Å². The first-order valence-corrected chi connectivity index (χ1v) is 8.37. The lowest BCUT2D eigenvalue weighted by atomic mass is 9.96. The average Bonchev–Trinajstić information content (AvgIpc) is 2.50. The number of carbonyl (C=O) groups is 1. The first-order valence-electron chi connectivity index (χ1n) is 8.37. The molecule has 122 valence electrons. The molecular formula is C18H28N2O2. The molecule has 2 rings (SSSR count). The molecule has 3 unspecified atom stereocenters. The third-order valence-electron chi connectivity index (χ3n) is 4.55. The highest BCUT2D eigenvalue weighted by Gasteiger charge is 2.28. The first-order chi connectivity index (χ1) is 10.6. The van der Waals surface area contributed by atoms with Gasteiger partial charge in [-0.3, -0.25) is 9.69 Å². The lowest BCUT2D eigenvalue weighted by Crippen LogP contribution is -2.51. The van der Waals surface area contributed by atoms with Crippen molar-refractivity contribution in [2.75, 3.05) is 6.54 Å². The summed E-state index contributed by atoms with van der Waals surface area (Å²) in [4.78, 5) is 13.8. The fraction of sp³-hybridized carbons (Fsp3) is 0.611. The van der Waals surface area contributed by atoms with Crippen molar-refractivity contribution in [1.82, 2.24) is 10.2 Å². The molecule has 2 N–H and O–H groups in total. The van der Waals surface area contributed by atoms with Crippen molar-refractivity contribution < 1.29 is 9.90 Å². The highest BCUT2D eigenvalue weighted by atomic mass is 16.4. The van der Waals surface area contributed by atoms with E-state index in [9.17, 15) is 9.90 Å². The van der Waals surface area contributed by atoms with Gasteiger partial charge in [-0.15, -0.1) is 0 Å². The van der Waals surface area contributed by atoms with E-state index in [4.69, 9.17) is 0 Å². The van der Waals surface area contributed by atoms with Crippen molar-refractivity contribution in [1.29, 1.82) is 0 Å². The lowest BCUT2D eigenvalue weighted by molar-refractivity contribution is -0.140. The van der Waals surface area contributed by atoms with Crippen LogP contribution in [0.5, 0.6) is 0 Å². The SMILES string of the molecule is CCCC(NC1CCN(Cc2ccccc2)C(C)C1)C(=O)O. The molecule has 22 heavy (non-hydrogen) atoms. The van der Waals surface area contributed by atoms with Crippen molar-refractivity contribution in [3.63, 3.8) is 0 Å². The van der Waals surface area contributed by atoms with E-state index in [1.165, 1.54) is 5.56 Å². The summed E-state index contributed by atoms with van der Waals surface area (Å²) in [5, 5.41) is 12.6. The van der Waals surface area contributed by atoms with Crippen LogP contribution in [0.15, 0.2) is 30.3 Å². The summed E-state index contributed by atoms with van der Waals surface area (Å²) >= 11 is 0. The zero-order valence-corrected chi connectivity index (χ0v) is 13.7. The van der Waals surface area contributed by atoms with Gasteiger partial charge in [-0.25, -0.2) is 0 Å². The smallest absolute Gasteiger partial charge is 0.320 e. The number of rotatable bonds is 7. The number of carboxylic acids is 1. The number of hydrogen-bond donors (Lipinski definition) is 2. The van der Waals surface area contributed by atoms with Crippen LogP contribution >= 0.6 is 0 Å². The number of benzene rings is 1. The maximum atomic E-state index is 11.3. The molecule has 1 aliphatic rings. The molecule has 1 aromatic rings. The summed E-state index contributed by atoms with van der Waals surface area (Å²) < 4.78 is 0. The summed E-state index contributed by atoms with van der Waals surface area (Å²) in [6.07, 6.45) is 3.63. The molecule has 3 atom stereocenters. The molecule has 0 saturated carbocycles. The summed E-state index contributed by atoms with van der Waals surface area (Å²) in [6.45, 7) is 6.27. The number of piperidine rings is 1. The van der Waals surface area contributed by atoms with Gasteiger partial charge in [0.15, 0.2) is 0 Å². The second kappa shape index (κ2) is 8.30. The van der Waals surface area contributed by atoms with E-state index >= 15 is 0 Å². The standard InChI is InChI=1S/C18H28N2O2/c1-3-7-17(18(21)22)19-16-10-11-20(14(2)12-16)13-15-8-5-4-6-9-15/h4-6,8-9,14,16-17,19H,3,7,10-13H2,1-2H3,(H,21,22). The zero-order chi connectivity index (χ0) is 15.9. The minimum Gasteiger partial charge on any atom is -0.480 e. The fourth-order valence-corrected chi connectivity index (χ4v) is 3.28. The average molecular weight is 304 g/mol. The minimum atomic E-state index is -0.721. The molecule has 1 aromatic carbocycles. The zero-order valence-electron chi connectivity index (χ0n) is 13.7. The highest BCUT2D eigenvalue weighted by Crippen LogP contribution is 2.20. The van der Waals surface area contributed by atoms with Crippen molar-refractivity contribution in [2.45, 2.75) is 64.2 Å². The van der Waals surface area contributed by atoms with Gasteiger partial charge in [0.05, 0.1) is 0 Å². The Morgan fingerprint density at radius 3 is 2.73 bits per heavy atom. The number of aliphatic carboxylic acids is 1. The van der Waals surface area contributed by atoms with Gasteiger partial charge in [0.1, 0.15) is 6.04 Å². The van der Waals surface area contributed by atoms with Crippen LogP contribution in [-0.4, -0.2) is 40.6 Å². The van der Waals surface area contributed by atoms with Gasteiger partial charge in [-0.1, -0.05) is 43.7 Å². The molecule has 1 aliphatic heterocycles. The van der Waals surface area contributed by atoms with E-state index in [2.05, 4.69) is 41.4 Å². The van der Waals surface area contributed by atoms with Crippen LogP contribution in [0.2, 0.25) is 0 Å². The van der Waals surface area contributed by atoms with Gasteiger partial charge in [-0.2, -0.15) is 0 Å². The highest BCUT2D eigenvalue weighted by molar-refractivity contribution is 5.73. The second-order valence-electron chi connectivity index (χ2n) is 6.37. The van der Waals surface area contributed by atoms with Gasteiger partial charge >= 0.3 is 5.97 Å². The van der Waals surface area contributed by atoms with E-state index in [-0.39, 0.29) is 0 Å². The molecule has 4 nitrogen and oxygen atoms in total. The maximum absolute atomic E-state index is 11.3. The number of nitrogens with zero attached hydrogens (tertiary/aromatic N) is 1. The largest absolute Gasteiger partial charge is 0.480 e. The predicted molar refractivity (Wildman–Crippen MR) is 88.8 cm³/mol. The number of hydrogen-bond acceptors (Lipinski definition) is 3. The van der Waals surface area contributed by atoms with E-state index in [1.54, 1.807) is 0 Å². The number of likely N-dealkylation sites (tertiary alicyclic amines) is 1. The van der Waals surface area contributed by atoms with Gasteiger partial charge in [0.25, 0.3) is 0 Å². The normalized spacial score (nSPS) is 24.1. The Balaban J connectivity index is 1.85. The van der Waals surface area contributed by atoms with Crippen LogP contribution in [0.1, 0.15) is 45.1 Å². The maximum Gasteiger partial charge on any atom is 0.320 e. The lowest BCUT2D eigenvalue weighted by Gasteiger charge is -2.39. The number of carboxylic acid groups (broad SMARTS) is 1. The van der Waals surface area contributed by atoms with Crippen LogP contribution in [0.3, 0.4) is 0 Å².